The molecule has 29 heavy (non-hydrogen) atoms. The second-order valence-corrected chi connectivity index (χ2v) is 7.56. The van der Waals surface area contributed by atoms with Gasteiger partial charge in [-0.2, -0.15) is 5.26 Å². The Balaban J connectivity index is 1.49. The Bertz CT molecular complexity index is 1210. The number of hydrogen-bond acceptors (Lipinski definition) is 5. The molecule has 5 rings (SSSR count). The first-order valence-electron chi connectivity index (χ1n) is 9.92. The fourth-order valence-corrected chi connectivity index (χ4v) is 4.19. The van der Waals surface area contributed by atoms with Crippen LogP contribution in [-0.2, 0) is 6.54 Å². The van der Waals surface area contributed by atoms with Gasteiger partial charge in [0.1, 0.15) is 11.9 Å². The van der Waals surface area contributed by atoms with Crippen molar-refractivity contribution >= 4 is 22.5 Å². The molecule has 1 fully saturated rings. The average Bonchev–Trinajstić information content (AvgIpc) is 3.14. The molecule has 0 aliphatic carbocycles. The highest BCUT2D eigenvalue weighted by Crippen LogP contribution is 2.29. The molecule has 4 aromatic rings. The summed E-state index contributed by atoms with van der Waals surface area (Å²) in [5.41, 5.74) is 5.60. The normalized spacial score (nSPS) is 15.1. The lowest BCUT2D eigenvalue weighted by molar-refractivity contribution is 0.249. The Hall–Kier alpha value is -3.43. The van der Waals surface area contributed by atoms with E-state index in [1.807, 2.05) is 43.6 Å². The van der Waals surface area contributed by atoms with E-state index in [2.05, 4.69) is 43.5 Å². The molecule has 6 nitrogen and oxygen atoms in total. The molecule has 6 heteroatoms. The molecule has 0 saturated carbocycles. The lowest BCUT2D eigenvalue weighted by atomic mass is 10.1. The van der Waals surface area contributed by atoms with Crippen LogP contribution < -0.4 is 4.90 Å². The number of aromatic nitrogens is 3. The van der Waals surface area contributed by atoms with Crippen molar-refractivity contribution in [3.05, 3.63) is 71.5 Å². The third-order valence-electron chi connectivity index (χ3n) is 5.69. The average molecular weight is 382 g/mol. The number of hydrogen-bond donors (Lipinski definition) is 0. The minimum atomic E-state index is 0.653. The molecule has 1 aromatic carbocycles. The van der Waals surface area contributed by atoms with Gasteiger partial charge >= 0.3 is 0 Å². The Morgan fingerprint density at radius 2 is 1.90 bits per heavy atom. The summed E-state index contributed by atoms with van der Waals surface area (Å²) < 4.78 is 2.15. The second kappa shape index (κ2) is 7.19. The van der Waals surface area contributed by atoms with E-state index in [0.29, 0.717) is 5.56 Å². The van der Waals surface area contributed by atoms with E-state index in [1.165, 1.54) is 5.56 Å². The van der Waals surface area contributed by atoms with Gasteiger partial charge in [-0.1, -0.05) is 18.2 Å². The number of rotatable bonds is 3. The highest BCUT2D eigenvalue weighted by molar-refractivity contribution is 5.85. The minimum Gasteiger partial charge on any atom is -0.355 e. The fraction of sp³-hybridized carbons (Fsp3) is 0.261. The maximum Gasteiger partial charge on any atom is 0.157 e. The van der Waals surface area contributed by atoms with Gasteiger partial charge in [-0.15, -0.1) is 0 Å². The molecule has 144 valence electrons. The van der Waals surface area contributed by atoms with Crippen LogP contribution in [0.1, 0.15) is 16.7 Å². The summed E-state index contributed by atoms with van der Waals surface area (Å²) >= 11 is 0. The number of para-hydroxylation sites is 2. The maximum atomic E-state index is 9.69. The predicted octanol–water partition coefficient (Wildman–Crippen LogP) is 3.38. The molecule has 0 N–H and O–H groups in total. The van der Waals surface area contributed by atoms with Crippen LogP contribution in [0.2, 0.25) is 0 Å². The summed E-state index contributed by atoms with van der Waals surface area (Å²) in [6.07, 6.45) is 3.76. The molecule has 1 aliphatic heterocycles. The number of anilines is 1. The van der Waals surface area contributed by atoms with Crippen molar-refractivity contribution in [2.24, 2.45) is 0 Å². The molecule has 1 aliphatic rings. The van der Waals surface area contributed by atoms with Crippen LogP contribution in [0.15, 0.2) is 54.9 Å². The van der Waals surface area contributed by atoms with Crippen LogP contribution >= 0.6 is 0 Å². The molecule has 0 bridgehead atoms. The van der Waals surface area contributed by atoms with E-state index in [1.54, 1.807) is 0 Å². The molecular formula is C23H22N6. The van der Waals surface area contributed by atoms with Gasteiger partial charge in [0.25, 0.3) is 0 Å². The van der Waals surface area contributed by atoms with Crippen molar-refractivity contribution in [2.75, 3.05) is 31.1 Å². The maximum absolute atomic E-state index is 9.69. The van der Waals surface area contributed by atoms with Gasteiger partial charge in [-0.3, -0.25) is 14.3 Å². The summed E-state index contributed by atoms with van der Waals surface area (Å²) in [6.45, 7) is 6.78. The van der Waals surface area contributed by atoms with Crippen LogP contribution in [-0.4, -0.2) is 45.4 Å². The number of imidazole rings is 1. The highest BCUT2D eigenvalue weighted by atomic mass is 15.3. The molecule has 0 atom stereocenters. The van der Waals surface area contributed by atoms with Gasteiger partial charge < -0.3 is 4.90 Å². The van der Waals surface area contributed by atoms with Gasteiger partial charge in [0.05, 0.1) is 16.6 Å². The first-order chi connectivity index (χ1) is 14.2. The lowest BCUT2D eigenvalue weighted by Gasteiger charge is -2.36. The van der Waals surface area contributed by atoms with Crippen molar-refractivity contribution in [1.82, 2.24) is 19.3 Å². The molecule has 0 amide bonds. The van der Waals surface area contributed by atoms with E-state index in [4.69, 9.17) is 4.98 Å². The summed E-state index contributed by atoms with van der Waals surface area (Å²) in [6, 6.07) is 16.7. The van der Waals surface area contributed by atoms with E-state index in [9.17, 15) is 5.26 Å². The summed E-state index contributed by atoms with van der Waals surface area (Å²) in [7, 11) is 0. The number of fused-ring (bicyclic) bond motifs is 3. The molecule has 0 spiro atoms. The fourth-order valence-electron chi connectivity index (χ4n) is 4.19. The zero-order chi connectivity index (χ0) is 19.8. The van der Waals surface area contributed by atoms with E-state index >= 15 is 0 Å². The Labute approximate surface area is 169 Å². The van der Waals surface area contributed by atoms with Gasteiger partial charge in [-0.05, 0) is 42.3 Å². The Morgan fingerprint density at radius 3 is 2.66 bits per heavy atom. The topological polar surface area (TPSA) is 60.5 Å². The minimum absolute atomic E-state index is 0.653. The second-order valence-electron chi connectivity index (χ2n) is 7.56. The SMILES string of the molecule is Cc1cc(N2CCN(Cc3cccnc3)CC2)n2c(nc3ccccc32)c1C#N. The zero-order valence-corrected chi connectivity index (χ0v) is 16.4. The van der Waals surface area contributed by atoms with Crippen molar-refractivity contribution in [3.8, 4) is 6.07 Å². The number of nitriles is 1. The van der Waals surface area contributed by atoms with Crippen molar-refractivity contribution in [1.29, 1.82) is 5.26 Å². The van der Waals surface area contributed by atoms with E-state index in [-0.39, 0.29) is 0 Å². The van der Waals surface area contributed by atoms with Gasteiger partial charge in [0, 0.05) is 45.1 Å². The van der Waals surface area contributed by atoms with Crippen LogP contribution in [0.5, 0.6) is 0 Å². The van der Waals surface area contributed by atoms with Gasteiger partial charge in [-0.25, -0.2) is 4.98 Å². The molecule has 4 heterocycles. The lowest BCUT2D eigenvalue weighted by Crippen LogP contribution is -2.46. The summed E-state index contributed by atoms with van der Waals surface area (Å²) in [5.74, 6) is 1.12. The van der Waals surface area contributed by atoms with Gasteiger partial charge in [0.2, 0.25) is 0 Å². The summed E-state index contributed by atoms with van der Waals surface area (Å²) in [5, 5.41) is 9.69. The van der Waals surface area contributed by atoms with Crippen LogP contribution in [0, 0.1) is 18.3 Å². The van der Waals surface area contributed by atoms with Crippen molar-refractivity contribution in [3.63, 3.8) is 0 Å². The summed E-state index contributed by atoms with van der Waals surface area (Å²) in [4.78, 5) is 13.9. The van der Waals surface area contributed by atoms with E-state index < -0.39 is 0 Å². The van der Waals surface area contributed by atoms with Crippen LogP contribution in [0.3, 0.4) is 0 Å². The third kappa shape index (κ3) is 3.10. The number of aryl methyl sites for hydroxylation is 1. The number of pyridine rings is 2. The standard InChI is InChI=1S/C23H22N6/c1-17-13-22(28-11-9-27(10-12-28)16-18-5-4-8-25-15-18)29-21-7-3-2-6-20(21)26-23(29)19(17)14-24/h2-8,13,15H,9-12,16H2,1H3. The van der Waals surface area contributed by atoms with Crippen molar-refractivity contribution < 1.29 is 0 Å². The monoisotopic (exact) mass is 382 g/mol. The number of nitrogens with zero attached hydrogens (tertiary/aromatic N) is 6. The quantitative estimate of drug-likeness (QED) is 0.544. The zero-order valence-electron chi connectivity index (χ0n) is 16.4. The van der Waals surface area contributed by atoms with Crippen molar-refractivity contribution in [2.45, 2.75) is 13.5 Å². The molecule has 0 unspecified atom stereocenters. The van der Waals surface area contributed by atoms with E-state index in [0.717, 1.165) is 60.8 Å². The first-order valence-corrected chi connectivity index (χ1v) is 9.92. The van der Waals surface area contributed by atoms with Gasteiger partial charge in [0.15, 0.2) is 5.65 Å². The Kier molecular flexibility index (Phi) is 4.38. The highest BCUT2D eigenvalue weighted by Gasteiger charge is 2.22. The molecule has 1 saturated heterocycles. The first kappa shape index (κ1) is 17.7. The largest absolute Gasteiger partial charge is 0.355 e. The molecule has 3 aromatic heterocycles. The Morgan fingerprint density at radius 1 is 1.07 bits per heavy atom. The van der Waals surface area contributed by atoms with Crippen LogP contribution in [0.25, 0.3) is 16.7 Å². The predicted molar refractivity (Wildman–Crippen MR) is 114 cm³/mol. The molecule has 0 radical (unpaired) electrons. The van der Waals surface area contributed by atoms with Crippen LogP contribution in [0.4, 0.5) is 5.82 Å². The number of piperazine rings is 1. The molecular weight excluding hydrogens is 360 g/mol. The number of benzene rings is 1. The third-order valence-corrected chi connectivity index (χ3v) is 5.69. The smallest absolute Gasteiger partial charge is 0.157 e.